The number of hydrogen-bond donors (Lipinski definition) is 2. The van der Waals surface area contributed by atoms with Crippen molar-refractivity contribution in [1.82, 2.24) is 9.99 Å². The molecule has 1 amide bonds. The Labute approximate surface area is 139 Å². The van der Waals surface area contributed by atoms with Crippen LogP contribution in [0.15, 0.2) is 12.1 Å². The van der Waals surface area contributed by atoms with Gasteiger partial charge in [-0.1, -0.05) is 0 Å². The van der Waals surface area contributed by atoms with Gasteiger partial charge in [-0.25, -0.2) is 4.79 Å². The Morgan fingerprint density at radius 2 is 1.87 bits per heavy atom. The molecule has 23 heavy (non-hydrogen) atoms. The molecule has 1 unspecified atom stereocenters. The molecule has 0 saturated carbocycles. The van der Waals surface area contributed by atoms with Gasteiger partial charge in [-0.05, 0) is 59.6 Å². The molecule has 6 heteroatoms. The molecule has 0 spiro atoms. The fourth-order valence-electron chi connectivity index (χ4n) is 2.29. The summed E-state index contributed by atoms with van der Waals surface area (Å²) in [6.45, 7) is 10.9. The van der Waals surface area contributed by atoms with Crippen molar-refractivity contribution in [2.24, 2.45) is 0 Å². The van der Waals surface area contributed by atoms with Crippen LogP contribution in [0.25, 0.3) is 0 Å². The summed E-state index contributed by atoms with van der Waals surface area (Å²) in [5.41, 5.74) is 5.33. The average Bonchev–Trinajstić information content (AvgIpc) is 2.73. The third-order valence-electron chi connectivity index (χ3n) is 3.35. The lowest BCUT2D eigenvalue weighted by atomic mass is 10.2. The van der Waals surface area contributed by atoms with E-state index in [9.17, 15) is 4.79 Å². The lowest BCUT2D eigenvalue weighted by molar-refractivity contribution is 0.0526. The maximum Gasteiger partial charge on any atom is 0.407 e. The summed E-state index contributed by atoms with van der Waals surface area (Å²) >= 11 is 0. The molecule has 0 aromatic carbocycles. The molecule has 132 valence electrons. The van der Waals surface area contributed by atoms with Crippen LogP contribution < -0.4 is 10.7 Å². The Hall–Kier alpha value is -1.69. The maximum absolute atomic E-state index is 11.6. The predicted molar refractivity (Wildman–Crippen MR) is 92.4 cm³/mol. The minimum Gasteiger partial charge on any atom is -0.444 e. The summed E-state index contributed by atoms with van der Waals surface area (Å²) in [5, 5.41) is 2.78. The van der Waals surface area contributed by atoms with Crippen molar-refractivity contribution in [2.45, 2.75) is 59.1 Å². The van der Waals surface area contributed by atoms with Gasteiger partial charge in [0.2, 0.25) is 0 Å². The Bertz CT molecular complexity index is 472. The Morgan fingerprint density at radius 3 is 2.39 bits per heavy atom. The zero-order valence-corrected chi connectivity index (χ0v) is 15.2. The van der Waals surface area contributed by atoms with Crippen LogP contribution in [-0.4, -0.2) is 42.7 Å². The first-order chi connectivity index (χ1) is 10.7. The van der Waals surface area contributed by atoms with E-state index in [0.717, 1.165) is 24.2 Å². The van der Waals surface area contributed by atoms with Crippen molar-refractivity contribution >= 4 is 6.09 Å². The molecule has 1 aromatic heterocycles. The van der Waals surface area contributed by atoms with Gasteiger partial charge in [-0.2, -0.15) is 0 Å². The molecule has 0 aliphatic heterocycles. The van der Waals surface area contributed by atoms with E-state index in [4.69, 9.17) is 9.47 Å². The number of ether oxygens (including phenoxy) is 2. The van der Waals surface area contributed by atoms with E-state index in [2.05, 4.69) is 41.4 Å². The van der Waals surface area contributed by atoms with Gasteiger partial charge >= 0.3 is 6.09 Å². The van der Waals surface area contributed by atoms with Crippen LogP contribution in [0.4, 0.5) is 4.79 Å². The first-order valence-electron chi connectivity index (χ1n) is 8.10. The topological polar surface area (TPSA) is 64.5 Å². The highest BCUT2D eigenvalue weighted by Crippen LogP contribution is 2.08. The summed E-state index contributed by atoms with van der Waals surface area (Å²) in [6.07, 6.45) is 1.37. The number of amides is 1. The molecule has 2 N–H and O–H groups in total. The molecule has 0 saturated heterocycles. The third-order valence-corrected chi connectivity index (χ3v) is 3.35. The Morgan fingerprint density at radius 1 is 1.26 bits per heavy atom. The molecule has 1 rings (SSSR count). The Kier molecular flexibility index (Phi) is 7.42. The van der Waals surface area contributed by atoms with E-state index in [1.807, 2.05) is 20.8 Å². The molecular formula is C17H31N3O3. The standard InChI is InChI=1S/C17H31N3O3/c1-13-9-10-14(2)20(13)19-15(12-22-6)8-7-11-18-16(21)23-17(3,4)5/h9-10,15,19H,7-8,11-12H2,1-6H3,(H,18,21). The van der Waals surface area contributed by atoms with Crippen molar-refractivity contribution in [1.29, 1.82) is 0 Å². The van der Waals surface area contributed by atoms with Gasteiger partial charge in [0.15, 0.2) is 0 Å². The lowest BCUT2D eigenvalue weighted by Gasteiger charge is -2.23. The van der Waals surface area contributed by atoms with Crippen LogP contribution in [0, 0.1) is 13.8 Å². The number of aryl methyl sites for hydroxylation is 2. The number of hydrogen-bond acceptors (Lipinski definition) is 4. The number of aromatic nitrogens is 1. The van der Waals surface area contributed by atoms with Gasteiger partial charge in [0, 0.05) is 25.0 Å². The minimum absolute atomic E-state index is 0.185. The summed E-state index contributed by atoms with van der Waals surface area (Å²) in [4.78, 5) is 11.6. The second-order valence-corrected chi connectivity index (χ2v) is 6.80. The van der Waals surface area contributed by atoms with Crippen LogP contribution in [0.2, 0.25) is 0 Å². The normalized spacial score (nSPS) is 12.8. The van der Waals surface area contributed by atoms with Gasteiger partial charge in [-0.15, -0.1) is 0 Å². The van der Waals surface area contributed by atoms with Crippen molar-refractivity contribution in [3.05, 3.63) is 23.5 Å². The van der Waals surface area contributed by atoms with E-state index >= 15 is 0 Å². The first-order valence-corrected chi connectivity index (χ1v) is 8.10. The molecule has 0 bridgehead atoms. The number of carbonyl (C=O) groups excluding carboxylic acids is 1. The Balaban J connectivity index is 2.38. The predicted octanol–water partition coefficient (Wildman–Crippen LogP) is 2.97. The smallest absolute Gasteiger partial charge is 0.407 e. The highest BCUT2D eigenvalue weighted by Gasteiger charge is 2.16. The maximum atomic E-state index is 11.6. The summed E-state index contributed by atoms with van der Waals surface area (Å²) in [6, 6.07) is 4.34. The van der Waals surface area contributed by atoms with E-state index in [-0.39, 0.29) is 12.1 Å². The third kappa shape index (κ3) is 7.41. The van der Waals surface area contributed by atoms with Gasteiger partial charge in [0.1, 0.15) is 5.60 Å². The van der Waals surface area contributed by atoms with E-state index < -0.39 is 5.60 Å². The molecule has 6 nitrogen and oxygen atoms in total. The molecule has 1 heterocycles. The van der Waals surface area contributed by atoms with Crippen LogP contribution in [0.3, 0.4) is 0 Å². The van der Waals surface area contributed by atoms with Crippen LogP contribution in [0.5, 0.6) is 0 Å². The van der Waals surface area contributed by atoms with Crippen molar-refractivity contribution < 1.29 is 14.3 Å². The van der Waals surface area contributed by atoms with Gasteiger partial charge in [0.25, 0.3) is 0 Å². The molecule has 0 aliphatic carbocycles. The summed E-state index contributed by atoms with van der Waals surface area (Å²) in [7, 11) is 1.70. The van der Waals surface area contributed by atoms with Crippen molar-refractivity contribution in [3.63, 3.8) is 0 Å². The monoisotopic (exact) mass is 325 g/mol. The molecular weight excluding hydrogens is 294 g/mol. The first kappa shape index (κ1) is 19.4. The second kappa shape index (κ2) is 8.82. The van der Waals surface area contributed by atoms with Gasteiger partial charge in [0.05, 0.1) is 12.6 Å². The molecule has 1 aromatic rings. The number of rotatable bonds is 8. The quantitative estimate of drug-likeness (QED) is 0.721. The number of nitrogens with one attached hydrogen (secondary N) is 2. The van der Waals surface area contributed by atoms with Crippen molar-refractivity contribution in [3.8, 4) is 0 Å². The second-order valence-electron chi connectivity index (χ2n) is 6.80. The minimum atomic E-state index is -0.465. The highest BCUT2D eigenvalue weighted by atomic mass is 16.6. The van der Waals surface area contributed by atoms with E-state index in [1.165, 1.54) is 0 Å². The lowest BCUT2D eigenvalue weighted by Crippen LogP contribution is -2.35. The molecule has 1 atom stereocenters. The fourth-order valence-corrected chi connectivity index (χ4v) is 2.29. The molecule has 0 aliphatic rings. The summed E-state index contributed by atoms with van der Waals surface area (Å²) < 4.78 is 12.6. The fraction of sp³-hybridized carbons (Fsp3) is 0.706. The van der Waals surface area contributed by atoms with Crippen LogP contribution >= 0.6 is 0 Å². The highest BCUT2D eigenvalue weighted by molar-refractivity contribution is 5.67. The van der Waals surface area contributed by atoms with Crippen LogP contribution in [-0.2, 0) is 9.47 Å². The zero-order chi connectivity index (χ0) is 17.5. The van der Waals surface area contributed by atoms with E-state index in [1.54, 1.807) is 7.11 Å². The van der Waals surface area contributed by atoms with Gasteiger partial charge in [-0.3, -0.25) is 4.68 Å². The number of carbonyl (C=O) groups is 1. The summed E-state index contributed by atoms with van der Waals surface area (Å²) in [5.74, 6) is 0. The number of alkyl carbamates (subject to hydrolysis) is 1. The SMILES string of the molecule is COCC(CCCNC(=O)OC(C)(C)C)Nn1c(C)ccc1C. The van der Waals surface area contributed by atoms with Crippen LogP contribution in [0.1, 0.15) is 45.0 Å². The molecule has 0 radical (unpaired) electrons. The van der Waals surface area contributed by atoms with Crippen molar-refractivity contribution in [2.75, 3.05) is 25.7 Å². The van der Waals surface area contributed by atoms with E-state index in [0.29, 0.717) is 13.2 Å². The average molecular weight is 325 g/mol. The number of methoxy groups -OCH3 is 1. The van der Waals surface area contributed by atoms with Gasteiger partial charge < -0.3 is 20.2 Å². The number of nitrogens with zero attached hydrogens (tertiary/aromatic N) is 1. The largest absolute Gasteiger partial charge is 0.444 e. The zero-order valence-electron chi connectivity index (χ0n) is 15.2. The molecule has 0 fully saturated rings.